The van der Waals surface area contributed by atoms with Gasteiger partial charge in [0.25, 0.3) is 0 Å². The average Bonchev–Trinajstić information content (AvgIpc) is 2.53. The Bertz CT molecular complexity index is 458. The maximum Gasteiger partial charge on any atom is 0.181 e. The number of hydrogen-bond acceptors (Lipinski definition) is 4. The predicted octanol–water partition coefficient (Wildman–Crippen LogP) is 4.31. The van der Waals surface area contributed by atoms with Crippen LogP contribution in [-0.4, -0.2) is 36.2 Å². The van der Waals surface area contributed by atoms with Crippen molar-refractivity contribution in [3.63, 3.8) is 0 Å². The zero-order chi connectivity index (χ0) is 15.6. The molecule has 122 valence electrons. The van der Waals surface area contributed by atoms with E-state index in [1.165, 1.54) is 43.5 Å². The summed E-state index contributed by atoms with van der Waals surface area (Å²) in [5.74, 6) is 2.39. The van der Waals surface area contributed by atoms with Gasteiger partial charge in [0.05, 0.1) is 6.61 Å². The second-order valence-corrected chi connectivity index (χ2v) is 6.92. The Balaban J connectivity index is 1.72. The maximum atomic E-state index is 7.61. The van der Waals surface area contributed by atoms with Crippen LogP contribution in [0.15, 0.2) is 24.3 Å². The summed E-state index contributed by atoms with van der Waals surface area (Å²) in [6, 6.07) is 8.97. The lowest BCUT2D eigenvalue weighted by Gasteiger charge is -2.26. The van der Waals surface area contributed by atoms with Gasteiger partial charge >= 0.3 is 0 Å². The standard InChI is InChI=1S/C18H28N2OS/c1-2-21-18(19)9-12-22-15-17-8-6-7-16(13-17)14-20-10-4-3-5-11-20/h6-8,13,19H,2-5,9-12,14-15H2,1H3. The molecule has 1 saturated heterocycles. The van der Waals surface area contributed by atoms with Gasteiger partial charge in [-0.25, -0.2) is 0 Å². The largest absolute Gasteiger partial charge is 0.481 e. The van der Waals surface area contributed by atoms with Crippen LogP contribution < -0.4 is 0 Å². The quantitative estimate of drug-likeness (QED) is 0.440. The molecule has 0 saturated carbocycles. The highest BCUT2D eigenvalue weighted by Gasteiger charge is 2.10. The van der Waals surface area contributed by atoms with Gasteiger partial charge in [-0.2, -0.15) is 11.8 Å². The Morgan fingerprint density at radius 1 is 1.23 bits per heavy atom. The van der Waals surface area contributed by atoms with Gasteiger partial charge in [-0.05, 0) is 44.0 Å². The van der Waals surface area contributed by atoms with Crippen LogP contribution in [0, 0.1) is 5.41 Å². The smallest absolute Gasteiger partial charge is 0.181 e. The molecule has 0 amide bonds. The van der Waals surface area contributed by atoms with E-state index in [2.05, 4.69) is 29.2 Å². The number of nitrogens with one attached hydrogen (secondary N) is 1. The SMILES string of the molecule is CCOC(=N)CCSCc1cccc(CN2CCCCC2)c1. The van der Waals surface area contributed by atoms with E-state index < -0.39 is 0 Å². The summed E-state index contributed by atoms with van der Waals surface area (Å²) in [6.07, 6.45) is 4.82. The number of benzene rings is 1. The van der Waals surface area contributed by atoms with Crippen molar-refractivity contribution in [2.75, 3.05) is 25.4 Å². The van der Waals surface area contributed by atoms with Gasteiger partial charge in [0, 0.05) is 24.5 Å². The average molecular weight is 321 g/mol. The minimum atomic E-state index is 0.411. The lowest BCUT2D eigenvalue weighted by Crippen LogP contribution is -2.29. The highest BCUT2D eigenvalue weighted by atomic mass is 32.2. The third kappa shape index (κ3) is 6.41. The molecule has 22 heavy (non-hydrogen) atoms. The lowest BCUT2D eigenvalue weighted by atomic mass is 10.1. The van der Waals surface area contributed by atoms with E-state index in [0.717, 1.165) is 24.5 Å². The molecule has 0 spiro atoms. The van der Waals surface area contributed by atoms with E-state index in [1.807, 2.05) is 18.7 Å². The second kappa shape index (κ2) is 9.90. The van der Waals surface area contributed by atoms with Crippen molar-refractivity contribution < 1.29 is 4.74 Å². The van der Waals surface area contributed by atoms with Crippen molar-refractivity contribution in [1.29, 1.82) is 5.41 Å². The van der Waals surface area contributed by atoms with Gasteiger partial charge in [0.1, 0.15) is 0 Å². The van der Waals surface area contributed by atoms with Crippen LogP contribution in [0.4, 0.5) is 0 Å². The molecule has 0 atom stereocenters. The van der Waals surface area contributed by atoms with Crippen LogP contribution >= 0.6 is 11.8 Å². The summed E-state index contributed by atoms with van der Waals surface area (Å²) in [5, 5.41) is 7.61. The molecule has 2 rings (SSSR count). The Labute approximate surface area is 138 Å². The van der Waals surface area contributed by atoms with Crippen LogP contribution in [-0.2, 0) is 17.0 Å². The number of rotatable bonds is 8. The molecule has 0 radical (unpaired) electrons. The first-order chi connectivity index (χ1) is 10.8. The van der Waals surface area contributed by atoms with Crippen LogP contribution in [0.2, 0.25) is 0 Å². The zero-order valence-corrected chi connectivity index (χ0v) is 14.5. The van der Waals surface area contributed by atoms with Crippen molar-refractivity contribution in [2.24, 2.45) is 0 Å². The fourth-order valence-corrected chi connectivity index (χ4v) is 3.68. The lowest BCUT2D eigenvalue weighted by molar-refractivity contribution is 0.221. The third-order valence-electron chi connectivity index (χ3n) is 3.91. The first-order valence-electron chi connectivity index (χ1n) is 8.36. The first kappa shape index (κ1) is 17.4. The summed E-state index contributed by atoms with van der Waals surface area (Å²) >= 11 is 1.88. The van der Waals surface area contributed by atoms with E-state index in [4.69, 9.17) is 10.1 Å². The molecule has 1 N–H and O–H groups in total. The Morgan fingerprint density at radius 3 is 2.77 bits per heavy atom. The molecule has 1 aromatic carbocycles. The molecule has 1 aliphatic rings. The normalized spacial score (nSPS) is 15.7. The Hall–Kier alpha value is -1.00. The van der Waals surface area contributed by atoms with E-state index in [-0.39, 0.29) is 0 Å². The molecule has 1 aliphatic heterocycles. The Morgan fingerprint density at radius 2 is 2.00 bits per heavy atom. The molecule has 0 unspecified atom stereocenters. The molecule has 3 nitrogen and oxygen atoms in total. The van der Waals surface area contributed by atoms with Crippen LogP contribution in [0.3, 0.4) is 0 Å². The van der Waals surface area contributed by atoms with Gasteiger partial charge < -0.3 is 4.74 Å². The molecule has 1 fully saturated rings. The monoisotopic (exact) mass is 320 g/mol. The number of hydrogen-bond donors (Lipinski definition) is 1. The number of piperidine rings is 1. The molecule has 4 heteroatoms. The van der Waals surface area contributed by atoms with E-state index >= 15 is 0 Å². The molecule has 1 aromatic rings. The third-order valence-corrected chi connectivity index (χ3v) is 4.94. The second-order valence-electron chi connectivity index (χ2n) is 5.82. The number of ether oxygens (including phenoxy) is 1. The van der Waals surface area contributed by atoms with Crippen LogP contribution in [0.25, 0.3) is 0 Å². The van der Waals surface area contributed by atoms with Crippen molar-refractivity contribution in [1.82, 2.24) is 4.90 Å². The molecule has 0 bridgehead atoms. The summed E-state index contributed by atoms with van der Waals surface area (Å²) in [6.45, 7) is 6.11. The number of thioether (sulfide) groups is 1. The van der Waals surface area contributed by atoms with Gasteiger partial charge in [-0.15, -0.1) is 0 Å². The van der Waals surface area contributed by atoms with Gasteiger partial charge in [-0.3, -0.25) is 10.3 Å². The first-order valence-corrected chi connectivity index (χ1v) is 9.51. The zero-order valence-electron chi connectivity index (χ0n) is 13.6. The molecule has 0 aliphatic carbocycles. The Kier molecular flexibility index (Phi) is 7.81. The molecule has 0 aromatic heterocycles. The van der Waals surface area contributed by atoms with Crippen molar-refractivity contribution >= 4 is 17.7 Å². The summed E-state index contributed by atoms with van der Waals surface area (Å²) in [7, 11) is 0. The molecular weight excluding hydrogens is 292 g/mol. The van der Waals surface area contributed by atoms with Crippen LogP contribution in [0.1, 0.15) is 43.7 Å². The topological polar surface area (TPSA) is 36.3 Å². The van der Waals surface area contributed by atoms with Crippen molar-refractivity contribution in [3.05, 3.63) is 35.4 Å². The van der Waals surface area contributed by atoms with E-state index in [9.17, 15) is 0 Å². The summed E-state index contributed by atoms with van der Waals surface area (Å²) < 4.78 is 5.16. The van der Waals surface area contributed by atoms with E-state index in [1.54, 1.807) is 0 Å². The van der Waals surface area contributed by atoms with Gasteiger partial charge in [0.15, 0.2) is 5.90 Å². The maximum absolute atomic E-state index is 7.61. The highest BCUT2D eigenvalue weighted by molar-refractivity contribution is 7.98. The summed E-state index contributed by atoms with van der Waals surface area (Å²) in [4.78, 5) is 2.57. The fraction of sp³-hybridized carbons (Fsp3) is 0.611. The van der Waals surface area contributed by atoms with Crippen molar-refractivity contribution in [3.8, 4) is 0 Å². The van der Waals surface area contributed by atoms with Crippen molar-refractivity contribution in [2.45, 2.75) is 44.9 Å². The van der Waals surface area contributed by atoms with Gasteiger partial charge in [0.2, 0.25) is 0 Å². The number of likely N-dealkylation sites (tertiary alicyclic amines) is 1. The molecule has 1 heterocycles. The van der Waals surface area contributed by atoms with Crippen LogP contribution in [0.5, 0.6) is 0 Å². The van der Waals surface area contributed by atoms with E-state index in [0.29, 0.717) is 12.5 Å². The van der Waals surface area contributed by atoms with Gasteiger partial charge in [-0.1, -0.05) is 30.7 Å². The minimum Gasteiger partial charge on any atom is -0.481 e. The number of nitrogens with zero attached hydrogens (tertiary/aromatic N) is 1. The highest BCUT2D eigenvalue weighted by Crippen LogP contribution is 2.17. The summed E-state index contributed by atoms with van der Waals surface area (Å²) in [5.41, 5.74) is 2.82. The minimum absolute atomic E-state index is 0.411. The predicted molar refractivity (Wildman–Crippen MR) is 95.7 cm³/mol. The fourth-order valence-electron chi connectivity index (χ4n) is 2.79. The molecular formula is C18H28N2OS.